The number of aryl methyl sites for hydroxylation is 1. The molecule has 0 saturated carbocycles. The van der Waals surface area contributed by atoms with Crippen molar-refractivity contribution in [2.75, 3.05) is 19.8 Å². The number of nitrogens with one attached hydrogen (secondary N) is 1. The second-order valence-corrected chi connectivity index (χ2v) is 3.79. The van der Waals surface area contributed by atoms with Gasteiger partial charge in [-0.1, -0.05) is 0 Å². The van der Waals surface area contributed by atoms with Crippen molar-refractivity contribution in [3.8, 4) is 0 Å². The van der Waals surface area contributed by atoms with E-state index in [0.29, 0.717) is 24.4 Å². The second-order valence-electron chi connectivity index (χ2n) is 3.79. The zero-order valence-corrected chi connectivity index (χ0v) is 10.6. The number of rotatable bonds is 7. The summed E-state index contributed by atoms with van der Waals surface area (Å²) in [5.41, 5.74) is 1.04. The van der Waals surface area contributed by atoms with Crippen molar-refractivity contribution in [3.63, 3.8) is 0 Å². The maximum Gasteiger partial charge on any atom is 0.341 e. The molecule has 3 N–H and O–H groups in total. The van der Waals surface area contributed by atoms with Crippen LogP contribution in [0.25, 0.3) is 0 Å². The van der Waals surface area contributed by atoms with E-state index < -0.39 is 12.0 Å². The van der Waals surface area contributed by atoms with Crippen LogP contribution in [0.2, 0.25) is 0 Å². The number of ether oxygens (including phenoxy) is 1. The number of aromatic nitrogens is 2. The predicted octanol–water partition coefficient (Wildman–Crippen LogP) is -0.960. The summed E-state index contributed by atoms with van der Waals surface area (Å²) in [6.07, 6.45) is 1.45. The van der Waals surface area contributed by atoms with Crippen molar-refractivity contribution in [3.05, 3.63) is 17.5 Å². The molecule has 0 saturated heterocycles. The number of hydrogen-bond donors (Lipinski definition) is 3. The first kappa shape index (κ1) is 14.6. The van der Waals surface area contributed by atoms with Gasteiger partial charge in [0.2, 0.25) is 0 Å². The molecule has 0 aliphatic carbocycles. The molecule has 0 spiro atoms. The lowest BCUT2D eigenvalue weighted by molar-refractivity contribution is 0.0524. The summed E-state index contributed by atoms with van der Waals surface area (Å²) in [4.78, 5) is 11.7. The normalized spacial score (nSPS) is 10.9. The number of carbonyl (C=O) groups excluding carboxylic acids is 1. The Hall–Kier alpha value is -1.44. The van der Waals surface area contributed by atoms with Gasteiger partial charge in [0.15, 0.2) is 0 Å². The fourth-order valence-corrected chi connectivity index (χ4v) is 1.48. The average Bonchev–Trinajstić information content (AvgIpc) is 2.73. The lowest BCUT2D eigenvalue weighted by atomic mass is 10.2. The molecule has 0 radical (unpaired) electrons. The molecule has 0 aliphatic rings. The lowest BCUT2D eigenvalue weighted by Gasteiger charge is -2.14. The summed E-state index contributed by atoms with van der Waals surface area (Å²) in [5, 5.41) is 24.8. The van der Waals surface area contributed by atoms with Crippen LogP contribution >= 0.6 is 0 Å². The van der Waals surface area contributed by atoms with Crippen LogP contribution in [0.4, 0.5) is 0 Å². The topological polar surface area (TPSA) is 96.6 Å². The van der Waals surface area contributed by atoms with Gasteiger partial charge in [-0.25, -0.2) is 4.79 Å². The summed E-state index contributed by atoms with van der Waals surface area (Å²) >= 11 is 0. The maximum atomic E-state index is 11.7. The van der Waals surface area contributed by atoms with Crippen LogP contribution in [-0.4, -0.2) is 51.8 Å². The van der Waals surface area contributed by atoms with Crippen molar-refractivity contribution in [1.82, 2.24) is 15.1 Å². The number of aliphatic hydroxyl groups excluding tert-OH is 2. The minimum atomic E-state index is -0.424. The molecule has 0 unspecified atom stereocenters. The van der Waals surface area contributed by atoms with E-state index in [2.05, 4.69) is 10.4 Å². The summed E-state index contributed by atoms with van der Waals surface area (Å²) < 4.78 is 6.48. The smallest absolute Gasteiger partial charge is 0.341 e. The first-order chi connectivity index (χ1) is 8.63. The lowest BCUT2D eigenvalue weighted by Crippen LogP contribution is -2.36. The van der Waals surface area contributed by atoms with E-state index in [9.17, 15) is 4.79 Å². The molecule has 0 amide bonds. The predicted molar refractivity (Wildman–Crippen MR) is 64.0 cm³/mol. The summed E-state index contributed by atoms with van der Waals surface area (Å²) in [6, 6.07) is -0.421. The van der Waals surface area contributed by atoms with Crippen molar-refractivity contribution >= 4 is 5.97 Å². The summed E-state index contributed by atoms with van der Waals surface area (Å²) in [6.45, 7) is 2.00. The highest BCUT2D eigenvalue weighted by Gasteiger charge is 2.17. The number of esters is 1. The van der Waals surface area contributed by atoms with Crippen LogP contribution in [0.1, 0.15) is 23.0 Å². The van der Waals surface area contributed by atoms with Crippen molar-refractivity contribution in [1.29, 1.82) is 0 Å². The van der Waals surface area contributed by atoms with Gasteiger partial charge < -0.3 is 20.3 Å². The number of hydrogen-bond acceptors (Lipinski definition) is 6. The van der Waals surface area contributed by atoms with Crippen LogP contribution in [0.15, 0.2) is 6.20 Å². The quantitative estimate of drug-likeness (QED) is 0.544. The Labute approximate surface area is 105 Å². The standard InChI is InChI=1S/C11H19N3O4/c1-3-18-11(17)9-4-13-14(2)10(9)5-12-8(6-15)7-16/h4,8,12,15-16H,3,5-7H2,1-2H3. The molecular formula is C11H19N3O4. The summed E-state index contributed by atoms with van der Waals surface area (Å²) in [7, 11) is 1.71. The molecule has 0 fully saturated rings. The zero-order chi connectivity index (χ0) is 13.5. The molecule has 102 valence electrons. The molecular weight excluding hydrogens is 238 g/mol. The average molecular weight is 257 g/mol. The molecule has 0 aliphatic heterocycles. The fourth-order valence-electron chi connectivity index (χ4n) is 1.48. The number of carbonyl (C=O) groups is 1. The summed E-state index contributed by atoms with van der Waals surface area (Å²) in [5.74, 6) is -0.424. The van der Waals surface area contributed by atoms with Crippen molar-refractivity contribution < 1.29 is 19.7 Å². The Morgan fingerprint density at radius 2 is 2.22 bits per heavy atom. The van der Waals surface area contributed by atoms with E-state index in [4.69, 9.17) is 14.9 Å². The SMILES string of the molecule is CCOC(=O)c1cnn(C)c1CNC(CO)CO. The van der Waals surface area contributed by atoms with Gasteiger partial charge in [0.25, 0.3) is 0 Å². The first-order valence-corrected chi connectivity index (χ1v) is 5.77. The molecule has 0 bridgehead atoms. The van der Waals surface area contributed by atoms with Crippen LogP contribution in [0.5, 0.6) is 0 Å². The zero-order valence-electron chi connectivity index (χ0n) is 10.6. The van der Waals surface area contributed by atoms with E-state index in [0.717, 1.165) is 0 Å². The van der Waals surface area contributed by atoms with Gasteiger partial charge in [-0.3, -0.25) is 4.68 Å². The fraction of sp³-hybridized carbons (Fsp3) is 0.636. The third kappa shape index (κ3) is 3.52. The van der Waals surface area contributed by atoms with Gasteiger partial charge in [0.1, 0.15) is 5.56 Å². The highest BCUT2D eigenvalue weighted by Crippen LogP contribution is 2.09. The van der Waals surface area contributed by atoms with Gasteiger partial charge in [0.05, 0.1) is 37.8 Å². The molecule has 0 aromatic carbocycles. The molecule has 18 heavy (non-hydrogen) atoms. The number of aliphatic hydroxyl groups is 2. The van der Waals surface area contributed by atoms with E-state index in [1.807, 2.05) is 0 Å². The molecule has 1 aromatic heterocycles. The second kappa shape index (κ2) is 7.10. The highest BCUT2D eigenvalue weighted by molar-refractivity contribution is 5.90. The largest absolute Gasteiger partial charge is 0.462 e. The third-order valence-corrected chi connectivity index (χ3v) is 2.56. The van der Waals surface area contributed by atoms with Crippen molar-refractivity contribution in [2.24, 2.45) is 7.05 Å². The van der Waals surface area contributed by atoms with Crippen LogP contribution in [0, 0.1) is 0 Å². The van der Waals surface area contributed by atoms with Gasteiger partial charge in [-0.05, 0) is 6.92 Å². The molecule has 1 heterocycles. The maximum absolute atomic E-state index is 11.7. The van der Waals surface area contributed by atoms with Crippen LogP contribution in [-0.2, 0) is 18.3 Å². The van der Waals surface area contributed by atoms with E-state index in [1.165, 1.54) is 6.20 Å². The van der Waals surface area contributed by atoms with Crippen LogP contribution in [0.3, 0.4) is 0 Å². The van der Waals surface area contributed by atoms with Gasteiger partial charge in [-0.15, -0.1) is 0 Å². The van der Waals surface area contributed by atoms with Crippen LogP contribution < -0.4 is 5.32 Å². The molecule has 7 heteroatoms. The Morgan fingerprint density at radius 1 is 1.56 bits per heavy atom. The minimum absolute atomic E-state index is 0.177. The van der Waals surface area contributed by atoms with E-state index >= 15 is 0 Å². The molecule has 7 nitrogen and oxygen atoms in total. The first-order valence-electron chi connectivity index (χ1n) is 5.77. The Bertz CT molecular complexity index is 388. The monoisotopic (exact) mass is 257 g/mol. The molecule has 0 atom stereocenters. The van der Waals surface area contributed by atoms with Gasteiger partial charge >= 0.3 is 5.97 Å². The minimum Gasteiger partial charge on any atom is -0.462 e. The highest BCUT2D eigenvalue weighted by atomic mass is 16.5. The Kier molecular flexibility index (Phi) is 5.76. The third-order valence-electron chi connectivity index (χ3n) is 2.56. The Morgan fingerprint density at radius 3 is 2.78 bits per heavy atom. The number of nitrogens with zero attached hydrogens (tertiary/aromatic N) is 2. The van der Waals surface area contributed by atoms with Crippen molar-refractivity contribution in [2.45, 2.75) is 19.5 Å². The van der Waals surface area contributed by atoms with Gasteiger partial charge in [-0.2, -0.15) is 5.10 Å². The molecule has 1 aromatic rings. The molecule has 1 rings (SSSR count). The van der Waals surface area contributed by atoms with Gasteiger partial charge in [0, 0.05) is 13.6 Å². The van der Waals surface area contributed by atoms with E-state index in [1.54, 1.807) is 18.7 Å². The van der Waals surface area contributed by atoms with E-state index in [-0.39, 0.29) is 13.2 Å². The Balaban J connectivity index is 2.75.